The van der Waals surface area contributed by atoms with Crippen molar-refractivity contribution in [3.63, 3.8) is 0 Å². The number of carbonyl (C=O) groups is 1. The van der Waals surface area contributed by atoms with Crippen molar-refractivity contribution in [1.29, 1.82) is 0 Å². The summed E-state index contributed by atoms with van der Waals surface area (Å²) in [6.45, 7) is 6.37. The second-order valence-electron chi connectivity index (χ2n) is 6.71. The summed E-state index contributed by atoms with van der Waals surface area (Å²) in [7, 11) is 1.70. The van der Waals surface area contributed by atoms with Gasteiger partial charge in [0.05, 0.1) is 12.5 Å². The summed E-state index contributed by atoms with van der Waals surface area (Å²) in [4.78, 5) is 12.1. The van der Waals surface area contributed by atoms with Gasteiger partial charge in [0, 0.05) is 0 Å². The number of hydrogen-bond donors (Lipinski definition) is 1. The number of carboxylic acids is 1. The van der Waals surface area contributed by atoms with Crippen LogP contribution >= 0.6 is 0 Å². The van der Waals surface area contributed by atoms with Crippen LogP contribution < -0.4 is 4.74 Å². The molecule has 3 heteroatoms. The largest absolute Gasteiger partial charge is 0.496 e. The predicted molar refractivity (Wildman–Crippen MR) is 88.9 cm³/mol. The Bertz CT molecular complexity index is 540. The first-order valence-corrected chi connectivity index (χ1v) is 8.41. The monoisotopic (exact) mass is 304 g/mol. The SMILES string of the molecule is CCc1cc(C2(C(=O)O)CCCCC2)cc(C(C)C)c1OC. The Morgan fingerprint density at radius 2 is 1.91 bits per heavy atom. The Hall–Kier alpha value is -1.51. The quantitative estimate of drug-likeness (QED) is 0.860. The second-order valence-corrected chi connectivity index (χ2v) is 6.71. The Morgan fingerprint density at radius 3 is 2.36 bits per heavy atom. The summed E-state index contributed by atoms with van der Waals surface area (Å²) in [5, 5.41) is 9.93. The van der Waals surface area contributed by atoms with Crippen LogP contribution in [0.5, 0.6) is 5.75 Å². The van der Waals surface area contributed by atoms with E-state index in [1.165, 1.54) is 0 Å². The van der Waals surface area contributed by atoms with E-state index in [0.717, 1.165) is 61.0 Å². The molecule has 1 saturated carbocycles. The second kappa shape index (κ2) is 6.72. The van der Waals surface area contributed by atoms with Gasteiger partial charge in [-0.1, -0.05) is 52.2 Å². The maximum atomic E-state index is 12.1. The summed E-state index contributed by atoms with van der Waals surface area (Å²) in [5.41, 5.74) is 2.51. The maximum Gasteiger partial charge on any atom is 0.314 e. The topological polar surface area (TPSA) is 46.5 Å². The van der Waals surface area contributed by atoms with Crippen molar-refractivity contribution in [2.75, 3.05) is 7.11 Å². The van der Waals surface area contributed by atoms with Crippen molar-refractivity contribution < 1.29 is 14.6 Å². The Balaban J connectivity index is 2.63. The van der Waals surface area contributed by atoms with Crippen molar-refractivity contribution in [3.05, 3.63) is 28.8 Å². The first kappa shape index (κ1) is 16.9. The molecule has 1 N–H and O–H groups in total. The van der Waals surface area contributed by atoms with Gasteiger partial charge in [0.2, 0.25) is 0 Å². The fraction of sp³-hybridized carbons (Fsp3) is 0.632. The molecule has 1 aliphatic rings. The molecule has 0 spiro atoms. The first-order chi connectivity index (χ1) is 10.5. The minimum absolute atomic E-state index is 0.314. The molecule has 2 rings (SSSR count). The number of rotatable bonds is 5. The highest BCUT2D eigenvalue weighted by atomic mass is 16.5. The Kier molecular flexibility index (Phi) is 5.15. The molecular formula is C19H28O3. The summed E-state index contributed by atoms with van der Waals surface area (Å²) in [5.74, 6) is 0.571. The van der Waals surface area contributed by atoms with Gasteiger partial charge in [-0.05, 0) is 41.9 Å². The van der Waals surface area contributed by atoms with Crippen molar-refractivity contribution in [2.24, 2.45) is 0 Å². The maximum absolute atomic E-state index is 12.1. The number of carboxylic acid groups (broad SMARTS) is 1. The smallest absolute Gasteiger partial charge is 0.314 e. The van der Waals surface area contributed by atoms with Crippen LogP contribution in [0.2, 0.25) is 0 Å². The standard InChI is InChI=1S/C19H28O3/c1-5-14-11-15(12-16(13(2)3)17(14)22-4)19(18(20)21)9-7-6-8-10-19/h11-13H,5-10H2,1-4H3,(H,20,21). The van der Waals surface area contributed by atoms with Crippen molar-refractivity contribution in [2.45, 2.75) is 70.6 Å². The molecule has 1 fully saturated rings. The molecule has 122 valence electrons. The van der Waals surface area contributed by atoms with E-state index in [0.29, 0.717) is 5.92 Å². The minimum Gasteiger partial charge on any atom is -0.496 e. The molecule has 3 nitrogen and oxygen atoms in total. The highest BCUT2D eigenvalue weighted by molar-refractivity contribution is 5.82. The number of methoxy groups -OCH3 is 1. The van der Waals surface area contributed by atoms with E-state index in [-0.39, 0.29) is 0 Å². The minimum atomic E-state index is -0.710. The number of hydrogen-bond acceptors (Lipinski definition) is 2. The van der Waals surface area contributed by atoms with Gasteiger partial charge in [0.15, 0.2) is 0 Å². The number of ether oxygens (including phenoxy) is 1. The van der Waals surface area contributed by atoms with Crippen LogP contribution in [0.4, 0.5) is 0 Å². The van der Waals surface area contributed by atoms with Gasteiger partial charge in [0.1, 0.15) is 5.75 Å². The fourth-order valence-electron chi connectivity index (χ4n) is 3.71. The van der Waals surface area contributed by atoms with Gasteiger partial charge in [-0.3, -0.25) is 4.79 Å². The zero-order valence-corrected chi connectivity index (χ0v) is 14.2. The molecule has 0 atom stereocenters. The molecule has 0 heterocycles. The average Bonchev–Trinajstić information content (AvgIpc) is 2.53. The third kappa shape index (κ3) is 2.86. The lowest BCUT2D eigenvalue weighted by Gasteiger charge is -2.35. The van der Waals surface area contributed by atoms with E-state index in [4.69, 9.17) is 4.74 Å². The van der Waals surface area contributed by atoms with Crippen LogP contribution in [0, 0.1) is 0 Å². The first-order valence-electron chi connectivity index (χ1n) is 8.41. The van der Waals surface area contributed by atoms with E-state index in [1.807, 2.05) is 0 Å². The Labute approximate surface area is 133 Å². The molecule has 0 aromatic heterocycles. The van der Waals surface area contributed by atoms with E-state index in [2.05, 4.69) is 32.9 Å². The molecule has 1 aliphatic carbocycles. The van der Waals surface area contributed by atoms with Gasteiger partial charge in [0.25, 0.3) is 0 Å². The van der Waals surface area contributed by atoms with Crippen LogP contribution in [0.1, 0.15) is 75.5 Å². The normalized spacial score (nSPS) is 17.5. The van der Waals surface area contributed by atoms with Gasteiger partial charge in [-0.25, -0.2) is 0 Å². The number of aliphatic carboxylic acids is 1. The van der Waals surface area contributed by atoms with Gasteiger partial charge in [-0.15, -0.1) is 0 Å². The number of aryl methyl sites for hydroxylation is 1. The van der Waals surface area contributed by atoms with E-state index >= 15 is 0 Å². The van der Waals surface area contributed by atoms with Crippen LogP contribution in [-0.4, -0.2) is 18.2 Å². The lowest BCUT2D eigenvalue weighted by atomic mass is 9.68. The molecule has 0 saturated heterocycles. The molecule has 0 aliphatic heterocycles. The summed E-state index contributed by atoms with van der Waals surface area (Å²) in [6.07, 6.45) is 5.48. The van der Waals surface area contributed by atoms with Crippen LogP contribution in [0.3, 0.4) is 0 Å². The zero-order valence-electron chi connectivity index (χ0n) is 14.2. The van der Waals surface area contributed by atoms with Crippen molar-refractivity contribution >= 4 is 5.97 Å². The Morgan fingerprint density at radius 1 is 1.27 bits per heavy atom. The fourth-order valence-corrected chi connectivity index (χ4v) is 3.71. The zero-order chi connectivity index (χ0) is 16.3. The van der Waals surface area contributed by atoms with Crippen LogP contribution in [0.15, 0.2) is 12.1 Å². The van der Waals surface area contributed by atoms with E-state index in [9.17, 15) is 9.90 Å². The highest BCUT2D eigenvalue weighted by Gasteiger charge is 2.42. The lowest BCUT2D eigenvalue weighted by Crippen LogP contribution is -2.38. The molecule has 0 amide bonds. The highest BCUT2D eigenvalue weighted by Crippen LogP contribution is 2.43. The molecule has 0 bridgehead atoms. The van der Waals surface area contributed by atoms with Crippen molar-refractivity contribution in [3.8, 4) is 5.75 Å². The summed E-state index contributed by atoms with van der Waals surface area (Å²) >= 11 is 0. The molecule has 0 unspecified atom stereocenters. The van der Waals surface area contributed by atoms with Crippen LogP contribution in [-0.2, 0) is 16.6 Å². The predicted octanol–water partition coefficient (Wildman–Crippen LogP) is 4.67. The molecule has 1 aromatic rings. The van der Waals surface area contributed by atoms with Gasteiger partial charge >= 0.3 is 5.97 Å². The average molecular weight is 304 g/mol. The molecular weight excluding hydrogens is 276 g/mol. The molecule has 1 aromatic carbocycles. The third-order valence-electron chi connectivity index (χ3n) is 5.07. The van der Waals surface area contributed by atoms with Gasteiger partial charge in [-0.2, -0.15) is 0 Å². The van der Waals surface area contributed by atoms with E-state index in [1.54, 1.807) is 7.11 Å². The summed E-state index contributed by atoms with van der Waals surface area (Å²) < 4.78 is 5.62. The van der Waals surface area contributed by atoms with E-state index < -0.39 is 11.4 Å². The third-order valence-corrected chi connectivity index (χ3v) is 5.07. The van der Waals surface area contributed by atoms with Crippen molar-refractivity contribution in [1.82, 2.24) is 0 Å². The molecule has 0 radical (unpaired) electrons. The summed E-state index contributed by atoms with van der Waals surface area (Å²) in [6, 6.07) is 4.16. The number of benzene rings is 1. The van der Waals surface area contributed by atoms with Crippen LogP contribution in [0.25, 0.3) is 0 Å². The molecule has 22 heavy (non-hydrogen) atoms. The van der Waals surface area contributed by atoms with Gasteiger partial charge < -0.3 is 9.84 Å². The lowest BCUT2D eigenvalue weighted by molar-refractivity contribution is -0.145.